The molecule has 1 N–H and O–H groups in total. The lowest BCUT2D eigenvalue weighted by Crippen LogP contribution is -1.84. The summed E-state index contributed by atoms with van der Waals surface area (Å²) < 4.78 is 0. The highest BCUT2D eigenvalue weighted by molar-refractivity contribution is 6.46. The van der Waals surface area contributed by atoms with Crippen molar-refractivity contribution in [1.82, 2.24) is 0 Å². The van der Waals surface area contributed by atoms with Crippen LogP contribution in [0.5, 0.6) is 5.75 Å². The number of phenolic OH excluding ortho intramolecular Hbond substituents is 1. The van der Waals surface area contributed by atoms with Gasteiger partial charge < -0.3 is 5.11 Å². The summed E-state index contributed by atoms with van der Waals surface area (Å²) in [6, 6.07) is 6.16. The van der Waals surface area contributed by atoms with E-state index in [1.54, 1.807) is 12.1 Å². The molecule has 0 aliphatic rings. The molecule has 0 aliphatic carbocycles. The van der Waals surface area contributed by atoms with Gasteiger partial charge in [-0.25, -0.2) is 0 Å². The van der Waals surface area contributed by atoms with Gasteiger partial charge in [0.2, 0.25) is 0 Å². The van der Waals surface area contributed by atoms with E-state index >= 15 is 0 Å². The van der Waals surface area contributed by atoms with Crippen LogP contribution in [-0.4, -0.2) is 5.11 Å². The molecule has 0 heterocycles. The van der Waals surface area contributed by atoms with Crippen LogP contribution in [0.15, 0.2) is 24.3 Å². The third-order valence-electron chi connectivity index (χ3n) is 2.36. The van der Waals surface area contributed by atoms with Crippen LogP contribution in [0.1, 0.15) is 0 Å². The minimum atomic E-state index is -0.0957. The molecule has 2 aromatic carbocycles. The van der Waals surface area contributed by atoms with Gasteiger partial charge in [-0.1, -0.05) is 58.0 Å². The summed E-state index contributed by atoms with van der Waals surface area (Å²) in [6.07, 6.45) is 0. The van der Waals surface area contributed by atoms with E-state index in [4.69, 9.17) is 58.0 Å². The van der Waals surface area contributed by atoms with E-state index in [-0.39, 0.29) is 15.8 Å². The van der Waals surface area contributed by atoms with Crippen LogP contribution in [0.25, 0.3) is 11.1 Å². The van der Waals surface area contributed by atoms with Crippen LogP contribution in [0.4, 0.5) is 0 Å². The van der Waals surface area contributed by atoms with E-state index in [0.29, 0.717) is 26.2 Å². The minimum absolute atomic E-state index is 0.0660. The summed E-state index contributed by atoms with van der Waals surface area (Å²) >= 11 is 29.8. The second-order valence-electron chi connectivity index (χ2n) is 3.51. The number of benzene rings is 2. The Hall–Kier alpha value is -0.310. The molecule has 18 heavy (non-hydrogen) atoms. The first-order chi connectivity index (χ1) is 8.41. The average molecular weight is 342 g/mol. The molecule has 94 valence electrons. The molecule has 0 aromatic heterocycles. The lowest BCUT2D eigenvalue weighted by molar-refractivity contribution is 0.475. The predicted molar refractivity (Wildman–Crippen MR) is 78.6 cm³/mol. The highest BCUT2D eigenvalue weighted by atomic mass is 35.5. The first-order valence-electron chi connectivity index (χ1n) is 4.73. The summed E-state index contributed by atoms with van der Waals surface area (Å²) in [4.78, 5) is 0. The maximum Gasteiger partial charge on any atom is 0.135 e. The molecule has 0 saturated heterocycles. The Bertz CT molecular complexity index is 624. The van der Waals surface area contributed by atoms with Crippen LogP contribution in [0.2, 0.25) is 25.1 Å². The summed E-state index contributed by atoms with van der Waals surface area (Å²) in [6.45, 7) is 0. The van der Waals surface area contributed by atoms with Crippen LogP contribution in [-0.2, 0) is 0 Å². The Morgan fingerprint density at radius 3 is 1.94 bits per heavy atom. The van der Waals surface area contributed by atoms with Gasteiger partial charge in [-0.15, -0.1) is 0 Å². The summed E-state index contributed by atoms with van der Waals surface area (Å²) in [7, 11) is 0. The van der Waals surface area contributed by atoms with Gasteiger partial charge in [0.1, 0.15) is 10.8 Å². The van der Waals surface area contributed by atoms with Gasteiger partial charge in [-0.05, 0) is 24.3 Å². The summed E-state index contributed by atoms with van der Waals surface area (Å²) in [5.41, 5.74) is 1.17. The molecule has 2 aromatic rings. The van der Waals surface area contributed by atoms with Crippen molar-refractivity contribution < 1.29 is 5.11 Å². The second-order valence-corrected chi connectivity index (χ2v) is 5.48. The Morgan fingerprint density at radius 1 is 0.667 bits per heavy atom. The van der Waals surface area contributed by atoms with Gasteiger partial charge >= 0.3 is 0 Å². The van der Waals surface area contributed by atoms with Crippen LogP contribution in [0.3, 0.4) is 0 Å². The summed E-state index contributed by atoms with van der Waals surface area (Å²) in [5, 5.41) is 10.8. The van der Waals surface area contributed by atoms with Crippen LogP contribution >= 0.6 is 58.0 Å². The maximum atomic E-state index is 9.44. The van der Waals surface area contributed by atoms with E-state index in [0.717, 1.165) is 0 Å². The molecule has 0 unspecified atom stereocenters. The van der Waals surface area contributed by atoms with Crippen molar-refractivity contribution in [3.05, 3.63) is 49.4 Å². The first kappa shape index (κ1) is 14.1. The Labute approximate surface area is 129 Å². The Balaban J connectivity index is 2.70. The highest BCUT2D eigenvalue weighted by Gasteiger charge is 2.15. The van der Waals surface area contributed by atoms with Crippen molar-refractivity contribution in [3.8, 4) is 16.9 Å². The van der Waals surface area contributed by atoms with Crippen molar-refractivity contribution >= 4 is 58.0 Å². The number of halogens is 5. The van der Waals surface area contributed by atoms with Gasteiger partial charge in [0.05, 0.1) is 20.1 Å². The molecule has 0 radical (unpaired) electrons. The quantitative estimate of drug-likeness (QED) is 0.601. The molecular formula is C12H5Cl5O. The van der Waals surface area contributed by atoms with Crippen molar-refractivity contribution in [1.29, 1.82) is 0 Å². The van der Waals surface area contributed by atoms with Gasteiger partial charge in [0.15, 0.2) is 0 Å². The van der Waals surface area contributed by atoms with E-state index in [1.807, 2.05) is 0 Å². The smallest absolute Gasteiger partial charge is 0.135 e. The number of aromatic hydroxyl groups is 1. The monoisotopic (exact) mass is 340 g/mol. The van der Waals surface area contributed by atoms with Gasteiger partial charge in [-0.3, -0.25) is 0 Å². The summed E-state index contributed by atoms with van der Waals surface area (Å²) in [5.74, 6) is -0.0957. The maximum absolute atomic E-state index is 9.44. The topological polar surface area (TPSA) is 20.2 Å². The zero-order chi connectivity index (χ0) is 13.4. The second kappa shape index (κ2) is 5.36. The number of rotatable bonds is 1. The van der Waals surface area contributed by atoms with Crippen LogP contribution < -0.4 is 0 Å². The molecule has 0 spiro atoms. The third-order valence-corrected chi connectivity index (χ3v) is 4.27. The fourth-order valence-corrected chi connectivity index (χ4v) is 2.55. The van der Waals surface area contributed by atoms with E-state index in [2.05, 4.69) is 0 Å². The number of hydrogen-bond donors (Lipinski definition) is 1. The fourth-order valence-electron chi connectivity index (χ4n) is 1.48. The third kappa shape index (κ3) is 2.52. The van der Waals surface area contributed by atoms with Crippen molar-refractivity contribution in [2.75, 3.05) is 0 Å². The zero-order valence-corrected chi connectivity index (χ0v) is 12.4. The molecule has 2 rings (SSSR count). The van der Waals surface area contributed by atoms with Crippen molar-refractivity contribution in [3.63, 3.8) is 0 Å². The van der Waals surface area contributed by atoms with Crippen molar-refractivity contribution in [2.45, 2.75) is 0 Å². The Kier molecular flexibility index (Phi) is 4.20. The van der Waals surface area contributed by atoms with Crippen molar-refractivity contribution in [2.24, 2.45) is 0 Å². The molecule has 0 amide bonds. The molecule has 6 heteroatoms. The molecule has 1 nitrogen and oxygen atoms in total. The van der Waals surface area contributed by atoms with Gasteiger partial charge in [-0.2, -0.15) is 0 Å². The van der Waals surface area contributed by atoms with Crippen LogP contribution in [0, 0.1) is 0 Å². The van der Waals surface area contributed by atoms with Gasteiger partial charge in [0, 0.05) is 11.1 Å². The lowest BCUT2D eigenvalue weighted by atomic mass is 10.1. The molecular weight excluding hydrogens is 337 g/mol. The van der Waals surface area contributed by atoms with E-state index in [1.165, 1.54) is 12.1 Å². The van der Waals surface area contributed by atoms with E-state index < -0.39 is 0 Å². The fraction of sp³-hybridized carbons (Fsp3) is 0. The highest BCUT2D eigenvalue weighted by Crippen LogP contribution is 2.43. The molecule has 0 atom stereocenters. The lowest BCUT2D eigenvalue weighted by Gasteiger charge is -2.10. The Morgan fingerprint density at radius 2 is 1.28 bits per heavy atom. The number of phenols is 1. The predicted octanol–water partition coefficient (Wildman–Crippen LogP) is 6.33. The standard InChI is InChI=1S/C12H5Cl5O/c13-7-4-9(15)8(14)3-6(7)5-1-2-10(18)12(17)11(5)16/h1-4,18H. The average Bonchev–Trinajstić information content (AvgIpc) is 2.32. The van der Waals surface area contributed by atoms with E-state index in [9.17, 15) is 5.11 Å². The first-order valence-corrected chi connectivity index (χ1v) is 6.62. The molecule has 0 fully saturated rings. The SMILES string of the molecule is Oc1ccc(-c2cc(Cl)c(Cl)cc2Cl)c(Cl)c1Cl. The normalized spacial score (nSPS) is 10.7. The molecule has 0 bridgehead atoms. The molecule has 0 saturated carbocycles. The largest absolute Gasteiger partial charge is 0.506 e. The minimum Gasteiger partial charge on any atom is -0.506 e. The molecule has 0 aliphatic heterocycles. The number of hydrogen-bond acceptors (Lipinski definition) is 1. The van der Waals surface area contributed by atoms with Gasteiger partial charge in [0.25, 0.3) is 0 Å². The zero-order valence-electron chi connectivity index (χ0n) is 8.65.